The molecule has 0 aromatic heterocycles. The minimum Gasteiger partial charge on any atom is -0.309 e. The number of carbonyl (C=O) groups excluding carboxylic acids is 2. The predicted molar refractivity (Wildman–Crippen MR) is 96.6 cm³/mol. The van der Waals surface area contributed by atoms with E-state index >= 15 is 0 Å². The lowest BCUT2D eigenvalue weighted by Gasteiger charge is -2.30. The van der Waals surface area contributed by atoms with E-state index in [9.17, 15) is 18.0 Å². The standard InChI is InChI=1S/C18H21ClN2O4S/c19-13-5-7-14(8-6-13)26(24,25)10-9-20-17(22)16-11-12-3-1-2-4-15(12)21(16)18(20)23/h5-8,12,15-16H,1-4,9-11H2/t12-,15+,16+/m1/s1. The van der Waals surface area contributed by atoms with Crippen molar-refractivity contribution in [2.75, 3.05) is 12.3 Å². The van der Waals surface area contributed by atoms with E-state index in [4.69, 9.17) is 11.6 Å². The molecule has 3 aliphatic rings. The highest BCUT2D eigenvalue weighted by molar-refractivity contribution is 7.91. The number of sulfone groups is 1. The molecule has 2 aliphatic heterocycles. The van der Waals surface area contributed by atoms with Crippen molar-refractivity contribution in [2.24, 2.45) is 5.92 Å². The normalized spacial score (nSPS) is 28.4. The number of urea groups is 1. The van der Waals surface area contributed by atoms with E-state index in [1.807, 2.05) is 0 Å². The van der Waals surface area contributed by atoms with Gasteiger partial charge in [-0.15, -0.1) is 0 Å². The third-order valence-electron chi connectivity index (χ3n) is 5.85. The molecule has 26 heavy (non-hydrogen) atoms. The van der Waals surface area contributed by atoms with Gasteiger partial charge in [-0.25, -0.2) is 13.2 Å². The summed E-state index contributed by atoms with van der Waals surface area (Å²) in [5.41, 5.74) is 0. The molecule has 0 bridgehead atoms. The van der Waals surface area contributed by atoms with E-state index in [2.05, 4.69) is 0 Å². The van der Waals surface area contributed by atoms with Crippen molar-refractivity contribution in [3.05, 3.63) is 29.3 Å². The van der Waals surface area contributed by atoms with Crippen LogP contribution in [0.25, 0.3) is 0 Å². The molecule has 0 radical (unpaired) electrons. The Bertz CT molecular complexity index is 839. The maximum Gasteiger partial charge on any atom is 0.327 e. The highest BCUT2D eigenvalue weighted by Gasteiger charge is 2.55. The second kappa shape index (κ2) is 6.53. The Morgan fingerprint density at radius 1 is 1.08 bits per heavy atom. The van der Waals surface area contributed by atoms with E-state index in [-0.39, 0.29) is 35.2 Å². The van der Waals surface area contributed by atoms with Crippen molar-refractivity contribution in [1.29, 1.82) is 0 Å². The van der Waals surface area contributed by atoms with Crippen LogP contribution in [-0.2, 0) is 14.6 Å². The first kappa shape index (κ1) is 17.8. The number of halogens is 1. The van der Waals surface area contributed by atoms with Crippen LogP contribution in [0.3, 0.4) is 0 Å². The average molecular weight is 397 g/mol. The third-order valence-corrected chi connectivity index (χ3v) is 7.81. The van der Waals surface area contributed by atoms with E-state index in [0.29, 0.717) is 10.9 Å². The van der Waals surface area contributed by atoms with Gasteiger partial charge in [0.15, 0.2) is 9.84 Å². The Labute approximate surface area is 158 Å². The van der Waals surface area contributed by atoms with Crippen molar-refractivity contribution >= 4 is 33.4 Å². The van der Waals surface area contributed by atoms with Gasteiger partial charge in [-0.1, -0.05) is 24.4 Å². The molecule has 0 N–H and O–H groups in total. The first-order chi connectivity index (χ1) is 12.4. The fourth-order valence-corrected chi connectivity index (χ4v) is 5.88. The second-order valence-corrected chi connectivity index (χ2v) is 9.86. The Morgan fingerprint density at radius 2 is 1.77 bits per heavy atom. The van der Waals surface area contributed by atoms with E-state index in [0.717, 1.165) is 37.0 Å². The summed E-state index contributed by atoms with van der Waals surface area (Å²) < 4.78 is 25.0. The van der Waals surface area contributed by atoms with Gasteiger partial charge in [0.1, 0.15) is 6.04 Å². The molecule has 8 heteroatoms. The molecule has 1 aromatic rings. The second-order valence-electron chi connectivity index (χ2n) is 7.32. The first-order valence-electron chi connectivity index (χ1n) is 9.00. The Morgan fingerprint density at radius 3 is 2.50 bits per heavy atom. The minimum absolute atomic E-state index is 0.104. The van der Waals surface area contributed by atoms with Crippen molar-refractivity contribution in [2.45, 2.75) is 49.1 Å². The summed E-state index contributed by atoms with van der Waals surface area (Å²) in [6, 6.07) is 5.34. The summed E-state index contributed by atoms with van der Waals surface area (Å²) in [6.45, 7) is -0.104. The van der Waals surface area contributed by atoms with Crippen LogP contribution in [0.1, 0.15) is 32.1 Å². The van der Waals surface area contributed by atoms with Gasteiger partial charge >= 0.3 is 6.03 Å². The third kappa shape index (κ3) is 2.91. The molecule has 4 rings (SSSR count). The van der Waals surface area contributed by atoms with Crippen LogP contribution in [0.2, 0.25) is 5.02 Å². The quantitative estimate of drug-likeness (QED) is 0.733. The Balaban J connectivity index is 1.47. The molecule has 3 fully saturated rings. The van der Waals surface area contributed by atoms with Crippen LogP contribution in [0.15, 0.2) is 29.2 Å². The highest BCUT2D eigenvalue weighted by atomic mass is 35.5. The largest absolute Gasteiger partial charge is 0.327 e. The fourth-order valence-electron chi connectivity index (χ4n) is 4.55. The Hall–Kier alpha value is -1.60. The summed E-state index contributed by atoms with van der Waals surface area (Å²) in [7, 11) is -3.58. The number of rotatable bonds is 4. The topological polar surface area (TPSA) is 74.8 Å². The summed E-state index contributed by atoms with van der Waals surface area (Å²) in [5, 5.41) is 0.455. The van der Waals surface area contributed by atoms with E-state index < -0.39 is 15.9 Å². The van der Waals surface area contributed by atoms with Crippen molar-refractivity contribution in [3.8, 4) is 0 Å². The summed E-state index contributed by atoms with van der Waals surface area (Å²) in [6.07, 6.45) is 4.97. The van der Waals surface area contributed by atoms with Crippen LogP contribution in [-0.4, -0.2) is 54.5 Å². The zero-order valence-corrected chi connectivity index (χ0v) is 15.9. The monoisotopic (exact) mass is 396 g/mol. The van der Waals surface area contributed by atoms with Gasteiger partial charge in [0, 0.05) is 17.6 Å². The number of fused-ring (bicyclic) bond motifs is 3. The Kier molecular flexibility index (Phi) is 4.47. The summed E-state index contributed by atoms with van der Waals surface area (Å²) in [4.78, 5) is 28.5. The molecule has 3 atom stereocenters. The zero-order valence-electron chi connectivity index (χ0n) is 14.3. The number of amides is 3. The smallest absolute Gasteiger partial charge is 0.309 e. The number of nitrogens with zero attached hydrogens (tertiary/aromatic N) is 2. The van der Waals surface area contributed by atoms with Crippen molar-refractivity contribution in [1.82, 2.24) is 9.80 Å². The van der Waals surface area contributed by atoms with Crippen LogP contribution in [0.4, 0.5) is 4.79 Å². The number of imide groups is 1. The molecule has 1 aliphatic carbocycles. The van der Waals surface area contributed by atoms with Crippen molar-refractivity contribution < 1.29 is 18.0 Å². The maximum atomic E-state index is 12.8. The molecule has 6 nitrogen and oxygen atoms in total. The molecule has 3 amide bonds. The lowest BCUT2D eigenvalue weighted by molar-refractivity contribution is -0.127. The average Bonchev–Trinajstić information content (AvgIpc) is 3.10. The lowest BCUT2D eigenvalue weighted by Crippen LogP contribution is -2.42. The fraction of sp³-hybridized carbons (Fsp3) is 0.556. The van der Waals surface area contributed by atoms with Gasteiger partial charge in [0.05, 0.1) is 10.6 Å². The SMILES string of the molecule is O=C1[C@@H]2C[C@H]3CCCC[C@@H]3N2C(=O)N1CCS(=O)(=O)c1ccc(Cl)cc1. The number of hydrogen-bond acceptors (Lipinski definition) is 4. The first-order valence-corrected chi connectivity index (χ1v) is 11.0. The minimum atomic E-state index is -3.58. The molecular weight excluding hydrogens is 376 g/mol. The van der Waals surface area contributed by atoms with Gasteiger partial charge in [0.2, 0.25) is 0 Å². The summed E-state index contributed by atoms with van der Waals surface area (Å²) in [5.74, 6) is -0.0990. The van der Waals surface area contributed by atoms with Gasteiger partial charge in [-0.2, -0.15) is 0 Å². The van der Waals surface area contributed by atoms with Crippen LogP contribution < -0.4 is 0 Å². The predicted octanol–water partition coefficient (Wildman–Crippen LogP) is 2.71. The molecule has 140 valence electrons. The van der Waals surface area contributed by atoms with Crippen LogP contribution in [0, 0.1) is 5.92 Å². The highest BCUT2D eigenvalue weighted by Crippen LogP contribution is 2.43. The van der Waals surface area contributed by atoms with Crippen molar-refractivity contribution in [3.63, 3.8) is 0 Å². The van der Waals surface area contributed by atoms with Crippen LogP contribution >= 0.6 is 11.6 Å². The van der Waals surface area contributed by atoms with Gasteiger partial charge in [-0.05, 0) is 49.4 Å². The molecule has 2 saturated heterocycles. The molecular formula is C18H21ClN2O4S. The van der Waals surface area contributed by atoms with E-state index in [1.54, 1.807) is 4.90 Å². The van der Waals surface area contributed by atoms with Crippen LogP contribution in [0.5, 0.6) is 0 Å². The molecule has 1 saturated carbocycles. The molecule has 0 spiro atoms. The number of hydrogen-bond donors (Lipinski definition) is 0. The number of benzene rings is 1. The molecule has 1 aromatic carbocycles. The zero-order chi connectivity index (χ0) is 18.5. The van der Waals surface area contributed by atoms with Gasteiger partial charge in [-0.3, -0.25) is 9.69 Å². The van der Waals surface area contributed by atoms with Gasteiger partial charge < -0.3 is 4.90 Å². The molecule has 0 unspecified atom stereocenters. The number of carbonyl (C=O) groups is 2. The maximum absolute atomic E-state index is 12.8. The lowest BCUT2D eigenvalue weighted by atomic mass is 9.84. The van der Waals surface area contributed by atoms with Gasteiger partial charge in [0.25, 0.3) is 5.91 Å². The molecule has 2 heterocycles. The van der Waals surface area contributed by atoms with E-state index in [1.165, 1.54) is 24.3 Å². The summed E-state index contributed by atoms with van der Waals surface area (Å²) >= 11 is 5.79.